The summed E-state index contributed by atoms with van der Waals surface area (Å²) < 4.78 is 14.6. The van der Waals surface area contributed by atoms with E-state index < -0.39 is 5.82 Å². The molecular formula is C25H20ClFN2O2S. The van der Waals surface area contributed by atoms with Gasteiger partial charge in [-0.25, -0.2) is 4.39 Å². The van der Waals surface area contributed by atoms with Gasteiger partial charge in [0.05, 0.1) is 17.8 Å². The predicted molar refractivity (Wildman–Crippen MR) is 124 cm³/mol. The van der Waals surface area contributed by atoms with Crippen LogP contribution >= 0.6 is 23.4 Å². The molecular weight excluding hydrogens is 447 g/mol. The molecule has 1 saturated heterocycles. The van der Waals surface area contributed by atoms with Gasteiger partial charge in [0, 0.05) is 39.0 Å². The number of carbonyl (C=O) groups excluding carboxylic acids is 2. The molecule has 0 saturated carbocycles. The van der Waals surface area contributed by atoms with Gasteiger partial charge < -0.3 is 9.80 Å². The predicted octanol–water partition coefficient (Wildman–Crippen LogP) is 6.03. The molecule has 2 aliphatic heterocycles. The maximum absolute atomic E-state index is 14.6. The van der Waals surface area contributed by atoms with Crippen LogP contribution in [-0.4, -0.2) is 29.8 Å². The van der Waals surface area contributed by atoms with Crippen LogP contribution in [0, 0.1) is 5.82 Å². The quantitative estimate of drug-likeness (QED) is 0.473. The Kier molecular flexibility index (Phi) is 5.66. The van der Waals surface area contributed by atoms with E-state index in [9.17, 15) is 14.0 Å². The maximum Gasteiger partial charge on any atom is 0.259 e. The largest absolute Gasteiger partial charge is 0.339 e. The first-order valence-corrected chi connectivity index (χ1v) is 11.7. The van der Waals surface area contributed by atoms with Crippen LogP contribution < -0.4 is 4.90 Å². The Bertz CT molecular complexity index is 1210. The summed E-state index contributed by atoms with van der Waals surface area (Å²) in [5.74, 6) is -0.772. The molecule has 0 radical (unpaired) electrons. The number of carbonyl (C=O) groups is 2. The number of likely N-dealkylation sites (tertiary alicyclic amines) is 1. The molecule has 7 heteroatoms. The van der Waals surface area contributed by atoms with Crippen LogP contribution in [0.15, 0.2) is 70.5 Å². The summed E-state index contributed by atoms with van der Waals surface area (Å²) in [6.07, 6.45) is 2.00. The molecule has 162 valence electrons. The van der Waals surface area contributed by atoms with Crippen molar-refractivity contribution < 1.29 is 14.0 Å². The Morgan fingerprint density at radius 3 is 2.56 bits per heavy atom. The Hall–Kier alpha value is -2.83. The van der Waals surface area contributed by atoms with Crippen molar-refractivity contribution in [1.29, 1.82) is 0 Å². The second kappa shape index (κ2) is 8.60. The number of rotatable bonds is 3. The molecule has 2 aliphatic rings. The van der Waals surface area contributed by atoms with E-state index in [2.05, 4.69) is 0 Å². The van der Waals surface area contributed by atoms with Gasteiger partial charge in [0.1, 0.15) is 5.82 Å². The minimum Gasteiger partial charge on any atom is -0.339 e. The highest BCUT2D eigenvalue weighted by atomic mass is 35.5. The molecule has 4 nitrogen and oxygen atoms in total. The molecule has 0 unspecified atom stereocenters. The fraction of sp³-hybridized carbons (Fsp3) is 0.200. The molecule has 0 aliphatic carbocycles. The number of benzene rings is 3. The third-order valence-electron chi connectivity index (χ3n) is 5.85. The van der Waals surface area contributed by atoms with Crippen LogP contribution in [-0.2, 0) is 6.54 Å². The summed E-state index contributed by atoms with van der Waals surface area (Å²) in [5, 5.41) is 0.258. The van der Waals surface area contributed by atoms with E-state index in [1.54, 1.807) is 24.3 Å². The number of anilines is 1. The smallest absolute Gasteiger partial charge is 0.259 e. The Labute approximate surface area is 195 Å². The van der Waals surface area contributed by atoms with Crippen LogP contribution in [0.25, 0.3) is 0 Å². The van der Waals surface area contributed by atoms with Gasteiger partial charge in [-0.2, -0.15) is 0 Å². The number of nitrogens with zero attached hydrogens (tertiary/aromatic N) is 2. The third-order valence-corrected chi connectivity index (χ3v) is 7.35. The Morgan fingerprint density at radius 1 is 1.00 bits per heavy atom. The number of amides is 2. The van der Waals surface area contributed by atoms with Crippen LogP contribution in [0.4, 0.5) is 10.1 Å². The highest BCUT2D eigenvalue weighted by Crippen LogP contribution is 2.43. The van der Waals surface area contributed by atoms with Gasteiger partial charge >= 0.3 is 0 Å². The number of hydrogen-bond donors (Lipinski definition) is 0. The summed E-state index contributed by atoms with van der Waals surface area (Å²) >= 11 is 7.76. The molecule has 5 rings (SSSR count). The summed E-state index contributed by atoms with van der Waals surface area (Å²) in [6, 6.07) is 17.3. The number of halogens is 2. The van der Waals surface area contributed by atoms with Crippen molar-refractivity contribution >= 4 is 40.9 Å². The second-order valence-corrected chi connectivity index (χ2v) is 9.36. The Morgan fingerprint density at radius 2 is 1.78 bits per heavy atom. The summed E-state index contributed by atoms with van der Waals surface area (Å²) in [4.78, 5) is 31.6. The normalized spacial score (nSPS) is 15.4. The first-order chi connectivity index (χ1) is 15.5. The zero-order chi connectivity index (χ0) is 22.2. The standard InChI is InChI=1S/C25H20ClFN2O2S/c26-19-7-5-8-20(27)18(19)15-29-21-14-16(24(30)28-12-3-4-13-28)10-11-23(21)32-22-9-2-1-6-17(22)25(29)31/h1-2,5-11,14H,3-4,12-13,15H2. The average Bonchev–Trinajstić information content (AvgIpc) is 3.30. The van der Waals surface area contributed by atoms with Gasteiger partial charge in [0.15, 0.2) is 0 Å². The van der Waals surface area contributed by atoms with Crippen molar-refractivity contribution in [2.45, 2.75) is 29.2 Å². The molecule has 3 aromatic rings. The van der Waals surface area contributed by atoms with Crippen LogP contribution in [0.2, 0.25) is 5.02 Å². The lowest BCUT2D eigenvalue weighted by Crippen LogP contribution is -2.32. The molecule has 2 heterocycles. The molecule has 32 heavy (non-hydrogen) atoms. The van der Waals surface area contributed by atoms with E-state index in [-0.39, 0.29) is 28.9 Å². The van der Waals surface area contributed by atoms with Crippen molar-refractivity contribution in [2.24, 2.45) is 0 Å². The first kappa shape index (κ1) is 21.0. The van der Waals surface area contributed by atoms with Crippen molar-refractivity contribution in [1.82, 2.24) is 4.90 Å². The molecule has 2 amide bonds. The topological polar surface area (TPSA) is 40.6 Å². The molecule has 0 atom stereocenters. The maximum atomic E-state index is 14.6. The molecule has 3 aromatic carbocycles. The fourth-order valence-corrected chi connectivity index (χ4v) is 5.44. The van der Waals surface area contributed by atoms with Gasteiger partial charge in [-0.1, -0.05) is 41.6 Å². The van der Waals surface area contributed by atoms with Crippen molar-refractivity contribution in [3.05, 3.63) is 88.2 Å². The number of fused-ring (bicyclic) bond motifs is 2. The lowest BCUT2D eigenvalue weighted by Gasteiger charge is -2.25. The zero-order valence-corrected chi connectivity index (χ0v) is 18.8. The molecule has 0 spiro atoms. The minimum absolute atomic E-state index is 0.0341. The van der Waals surface area contributed by atoms with Crippen molar-refractivity contribution in [3.8, 4) is 0 Å². The summed E-state index contributed by atoms with van der Waals surface area (Å²) in [7, 11) is 0. The van der Waals surface area contributed by atoms with Crippen LogP contribution in [0.5, 0.6) is 0 Å². The van der Waals surface area contributed by atoms with E-state index in [0.29, 0.717) is 16.8 Å². The van der Waals surface area contributed by atoms with E-state index in [4.69, 9.17) is 11.6 Å². The molecule has 1 fully saturated rings. The van der Waals surface area contributed by atoms with Crippen molar-refractivity contribution in [3.63, 3.8) is 0 Å². The molecule has 0 N–H and O–H groups in total. The van der Waals surface area contributed by atoms with Crippen LogP contribution in [0.3, 0.4) is 0 Å². The minimum atomic E-state index is -0.471. The van der Waals surface area contributed by atoms with Gasteiger partial charge in [-0.3, -0.25) is 9.59 Å². The summed E-state index contributed by atoms with van der Waals surface area (Å²) in [6.45, 7) is 1.45. The van der Waals surface area contributed by atoms with E-state index >= 15 is 0 Å². The van der Waals surface area contributed by atoms with Crippen molar-refractivity contribution in [2.75, 3.05) is 18.0 Å². The van der Waals surface area contributed by atoms with Gasteiger partial charge in [0.2, 0.25) is 0 Å². The SMILES string of the molecule is O=C(c1ccc2c(c1)N(Cc1c(F)cccc1Cl)C(=O)c1ccccc1S2)N1CCCC1. The average molecular weight is 467 g/mol. The van der Waals surface area contributed by atoms with Gasteiger partial charge in [0.25, 0.3) is 11.8 Å². The third kappa shape index (κ3) is 3.78. The van der Waals surface area contributed by atoms with E-state index in [0.717, 1.165) is 35.7 Å². The van der Waals surface area contributed by atoms with Gasteiger partial charge in [-0.05, 0) is 55.3 Å². The van der Waals surface area contributed by atoms with Gasteiger partial charge in [-0.15, -0.1) is 0 Å². The molecule has 0 aromatic heterocycles. The fourth-order valence-electron chi connectivity index (χ4n) is 4.15. The lowest BCUT2D eigenvalue weighted by atomic mass is 10.1. The lowest BCUT2D eigenvalue weighted by molar-refractivity contribution is 0.0792. The second-order valence-electron chi connectivity index (χ2n) is 7.87. The number of hydrogen-bond acceptors (Lipinski definition) is 3. The highest BCUT2D eigenvalue weighted by molar-refractivity contribution is 7.99. The Balaban J connectivity index is 1.63. The van der Waals surface area contributed by atoms with E-state index in [1.807, 2.05) is 29.2 Å². The molecule has 0 bridgehead atoms. The van der Waals surface area contributed by atoms with Crippen LogP contribution in [0.1, 0.15) is 39.1 Å². The summed E-state index contributed by atoms with van der Waals surface area (Å²) in [5.41, 5.74) is 1.89. The monoisotopic (exact) mass is 466 g/mol. The zero-order valence-electron chi connectivity index (χ0n) is 17.2. The highest BCUT2D eigenvalue weighted by Gasteiger charge is 2.30. The first-order valence-electron chi connectivity index (χ1n) is 10.5. The van der Waals surface area contributed by atoms with E-state index in [1.165, 1.54) is 28.8 Å².